The van der Waals surface area contributed by atoms with E-state index in [-0.39, 0.29) is 36.6 Å². The summed E-state index contributed by atoms with van der Waals surface area (Å²) >= 11 is 11.9. The number of benzene rings is 2. The van der Waals surface area contributed by atoms with Crippen LogP contribution in [0.2, 0.25) is 10.0 Å². The summed E-state index contributed by atoms with van der Waals surface area (Å²) in [4.78, 5) is 24.2. The number of halogens is 2. The van der Waals surface area contributed by atoms with Crippen molar-refractivity contribution in [1.82, 2.24) is 5.32 Å². The Morgan fingerprint density at radius 2 is 1.43 bits per heavy atom. The van der Waals surface area contributed by atoms with Gasteiger partial charge in [-0.2, -0.15) is 0 Å². The molecule has 0 spiro atoms. The molecule has 0 saturated heterocycles. The summed E-state index contributed by atoms with van der Waals surface area (Å²) in [6.07, 6.45) is 0.416. The van der Waals surface area contributed by atoms with E-state index in [0.29, 0.717) is 23.1 Å². The molecule has 5 nitrogen and oxygen atoms in total. The van der Waals surface area contributed by atoms with Gasteiger partial charge in [0, 0.05) is 34.8 Å². The third kappa shape index (κ3) is 6.82. The maximum atomic E-state index is 12.5. The Labute approximate surface area is 175 Å². The van der Waals surface area contributed by atoms with E-state index in [1.165, 1.54) is 7.11 Å². The van der Waals surface area contributed by atoms with Crippen LogP contribution < -0.4 is 11.1 Å². The predicted octanol–water partition coefficient (Wildman–Crippen LogP) is 3.89. The first-order valence-electron chi connectivity index (χ1n) is 8.97. The number of nitrogens with two attached hydrogens (primary N) is 1. The largest absolute Gasteiger partial charge is 0.469 e. The molecule has 2 rings (SSSR count). The molecular formula is C21H24Cl2N2O3. The number of amides is 1. The van der Waals surface area contributed by atoms with Crippen LogP contribution in [-0.2, 0) is 14.3 Å². The van der Waals surface area contributed by atoms with Crippen molar-refractivity contribution in [3.05, 3.63) is 69.7 Å². The Balaban J connectivity index is 2.00. The van der Waals surface area contributed by atoms with Crippen LogP contribution in [0.4, 0.5) is 0 Å². The number of hydrogen-bond donors (Lipinski definition) is 2. The van der Waals surface area contributed by atoms with Crippen molar-refractivity contribution in [3.8, 4) is 0 Å². The Morgan fingerprint density at radius 3 is 1.89 bits per heavy atom. The van der Waals surface area contributed by atoms with Crippen LogP contribution in [0.25, 0.3) is 0 Å². The topological polar surface area (TPSA) is 81.4 Å². The Bertz CT molecular complexity index is 779. The minimum atomic E-state index is -0.338. The molecule has 28 heavy (non-hydrogen) atoms. The average molecular weight is 423 g/mol. The Morgan fingerprint density at radius 1 is 0.929 bits per heavy atom. The molecule has 0 aliphatic heterocycles. The first-order chi connectivity index (χ1) is 13.4. The van der Waals surface area contributed by atoms with Crippen molar-refractivity contribution in [2.24, 2.45) is 5.73 Å². The van der Waals surface area contributed by atoms with Crippen molar-refractivity contribution in [2.75, 3.05) is 20.2 Å². The van der Waals surface area contributed by atoms with E-state index in [2.05, 4.69) is 5.32 Å². The molecular weight excluding hydrogens is 399 g/mol. The summed E-state index contributed by atoms with van der Waals surface area (Å²) < 4.78 is 4.78. The molecule has 0 heterocycles. The maximum absolute atomic E-state index is 12.5. The van der Waals surface area contributed by atoms with Crippen molar-refractivity contribution in [1.29, 1.82) is 0 Å². The minimum absolute atomic E-state index is 0.105. The molecule has 0 saturated carbocycles. The van der Waals surface area contributed by atoms with Crippen molar-refractivity contribution >= 4 is 35.1 Å². The van der Waals surface area contributed by atoms with E-state index in [0.717, 1.165) is 11.1 Å². The van der Waals surface area contributed by atoms with Gasteiger partial charge in [0.1, 0.15) is 0 Å². The molecule has 2 aromatic carbocycles. The van der Waals surface area contributed by atoms with Gasteiger partial charge in [-0.25, -0.2) is 0 Å². The smallest absolute Gasteiger partial charge is 0.306 e. The highest BCUT2D eigenvalue weighted by molar-refractivity contribution is 6.30. The van der Waals surface area contributed by atoms with E-state index in [1.807, 2.05) is 24.3 Å². The molecule has 0 aliphatic carbocycles. The van der Waals surface area contributed by atoms with E-state index < -0.39 is 0 Å². The fourth-order valence-electron chi connectivity index (χ4n) is 2.93. The third-order valence-corrected chi connectivity index (χ3v) is 5.09. The average Bonchev–Trinajstić information content (AvgIpc) is 2.70. The second kappa shape index (κ2) is 11.1. The highest BCUT2D eigenvalue weighted by Gasteiger charge is 2.19. The zero-order valence-electron chi connectivity index (χ0n) is 15.7. The van der Waals surface area contributed by atoms with E-state index in [9.17, 15) is 9.59 Å². The lowest BCUT2D eigenvalue weighted by atomic mass is 9.94. The van der Waals surface area contributed by atoms with Crippen LogP contribution in [0.5, 0.6) is 0 Å². The second-order valence-corrected chi connectivity index (χ2v) is 7.39. The Hall–Kier alpha value is -2.08. The van der Waals surface area contributed by atoms with Gasteiger partial charge < -0.3 is 15.8 Å². The zero-order valence-corrected chi connectivity index (χ0v) is 17.2. The fourth-order valence-corrected chi connectivity index (χ4v) is 3.18. The van der Waals surface area contributed by atoms with Gasteiger partial charge in [0.15, 0.2) is 0 Å². The number of carbonyl (C=O) groups is 2. The molecule has 2 aromatic rings. The lowest BCUT2D eigenvalue weighted by Crippen LogP contribution is -2.31. The Kier molecular flexibility index (Phi) is 8.77. The number of carbonyl (C=O) groups excluding carboxylic acids is 2. The predicted molar refractivity (Wildman–Crippen MR) is 112 cm³/mol. The summed E-state index contributed by atoms with van der Waals surface area (Å²) in [5, 5.41) is 4.16. The standard InChI is InChI=1S/C21H24Cl2N2O3/c1-28-21(27)11-17(15-4-8-19(23)9-5-15)13-25-20(26)10-16(12-24)14-2-6-18(22)7-3-14/h2-9,16-17H,10-13,24H2,1H3,(H,25,26). The monoisotopic (exact) mass is 422 g/mol. The summed E-state index contributed by atoms with van der Waals surface area (Å²) in [7, 11) is 1.35. The first-order valence-corrected chi connectivity index (χ1v) is 9.73. The third-order valence-electron chi connectivity index (χ3n) is 4.59. The van der Waals surface area contributed by atoms with Crippen molar-refractivity contribution in [2.45, 2.75) is 24.7 Å². The van der Waals surface area contributed by atoms with Crippen LogP contribution in [-0.4, -0.2) is 32.1 Å². The number of ether oxygens (including phenoxy) is 1. The van der Waals surface area contributed by atoms with Gasteiger partial charge in [0.2, 0.25) is 5.91 Å². The normalized spacial score (nSPS) is 12.9. The van der Waals surface area contributed by atoms with Gasteiger partial charge in [-0.1, -0.05) is 47.5 Å². The molecule has 0 radical (unpaired) electrons. The van der Waals surface area contributed by atoms with Crippen LogP contribution in [0.3, 0.4) is 0 Å². The zero-order chi connectivity index (χ0) is 20.5. The molecule has 7 heteroatoms. The van der Waals surface area contributed by atoms with Crippen LogP contribution in [0, 0.1) is 0 Å². The highest BCUT2D eigenvalue weighted by atomic mass is 35.5. The van der Waals surface area contributed by atoms with Gasteiger partial charge in [-0.3, -0.25) is 9.59 Å². The van der Waals surface area contributed by atoms with E-state index >= 15 is 0 Å². The van der Waals surface area contributed by atoms with Crippen molar-refractivity contribution in [3.63, 3.8) is 0 Å². The molecule has 150 valence electrons. The van der Waals surface area contributed by atoms with Gasteiger partial charge in [0.25, 0.3) is 0 Å². The number of methoxy groups -OCH3 is 1. The first kappa shape index (κ1) is 22.2. The molecule has 3 N–H and O–H groups in total. The van der Waals surface area contributed by atoms with Crippen LogP contribution in [0.15, 0.2) is 48.5 Å². The van der Waals surface area contributed by atoms with E-state index in [1.54, 1.807) is 24.3 Å². The molecule has 0 aliphatic rings. The van der Waals surface area contributed by atoms with E-state index in [4.69, 9.17) is 33.7 Å². The number of rotatable bonds is 9. The SMILES string of the molecule is COC(=O)CC(CNC(=O)CC(CN)c1ccc(Cl)cc1)c1ccc(Cl)cc1. The van der Waals surface area contributed by atoms with Gasteiger partial charge in [0.05, 0.1) is 13.5 Å². The molecule has 0 bridgehead atoms. The summed E-state index contributed by atoms with van der Waals surface area (Å²) in [5.41, 5.74) is 7.72. The van der Waals surface area contributed by atoms with Crippen LogP contribution >= 0.6 is 23.2 Å². The van der Waals surface area contributed by atoms with Crippen molar-refractivity contribution < 1.29 is 14.3 Å². The number of nitrogens with one attached hydrogen (secondary N) is 1. The maximum Gasteiger partial charge on any atom is 0.306 e. The van der Waals surface area contributed by atoms with Gasteiger partial charge >= 0.3 is 5.97 Å². The molecule has 0 fully saturated rings. The van der Waals surface area contributed by atoms with Gasteiger partial charge in [-0.15, -0.1) is 0 Å². The molecule has 1 amide bonds. The molecule has 2 unspecified atom stereocenters. The number of hydrogen-bond acceptors (Lipinski definition) is 4. The quantitative estimate of drug-likeness (QED) is 0.600. The minimum Gasteiger partial charge on any atom is -0.469 e. The lowest BCUT2D eigenvalue weighted by Gasteiger charge is -2.19. The lowest BCUT2D eigenvalue weighted by molar-refractivity contribution is -0.141. The summed E-state index contributed by atoms with van der Waals surface area (Å²) in [5.74, 6) is -0.781. The summed E-state index contributed by atoms with van der Waals surface area (Å²) in [6, 6.07) is 14.5. The molecule has 0 aromatic heterocycles. The second-order valence-electron chi connectivity index (χ2n) is 6.52. The highest BCUT2D eigenvalue weighted by Crippen LogP contribution is 2.23. The van der Waals surface area contributed by atoms with Gasteiger partial charge in [-0.05, 0) is 41.9 Å². The summed E-state index contributed by atoms with van der Waals surface area (Å²) in [6.45, 7) is 0.658. The number of esters is 1. The fraction of sp³-hybridized carbons (Fsp3) is 0.333. The molecule has 2 atom stereocenters. The van der Waals surface area contributed by atoms with Crippen LogP contribution in [0.1, 0.15) is 35.8 Å².